The highest BCUT2D eigenvalue weighted by Crippen LogP contribution is 2.22. The van der Waals surface area contributed by atoms with Crippen molar-refractivity contribution in [3.63, 3.8) is 0 Å². The maximum absolute atomic E-state index is 10.9. The fourth-order valence-electron chi connectivity index (χ4n) is 2.57. The van der Waals surface area contributed by atoms with Gasteiger partial charge in [-0.1, -0.05) is 25.5 Å². The molecule has 6 heteroatoms. The minimum Gasteiger partial charge on any atom is -0.494 e. The summed E-state index contributed by atoms with van der Waals surface area (Å²) in [5.74, 6) is -0.0396. The molecule has 0 bridgehead atoms. The van der Waals surface area contributed by atoms with E-state index >= 15 is 0 Å². The van der Waals surface area contributed by atoms with Crippen LogP contribution in [0.25, 0.3) is 5.69 Å². The summed E-state index contributed by atoms with van der Waals surface area (Å²) in [5.41, 5.74) is 1.82. The maximum atomic E-state index is 10.9. The lowest BCUT2D eigenvalue weighted by Gasteiger charge is -2.17. The average Bonchev–Trinajstić information content (AvgIpc) is 3.00. The normalized spacial score (nSPS) is 12.1. The molecule has 0 aliphatic heterocycles. The van der Waals surface area contributed by atoms with E-state index in [2.05, 4.69) is 17.3 Å². The van der Waals surface area contributed by atoms with E-state index in [4.69, 9.17) is 9.84 Å². The molecule has 124 valence electrons. The zero-order valence-corrected chi connectivity index (χ0v) is 13.5. The van der Waals surface area contributed by atoms with Crippen LogP contribution in [0.4, 0.5) is 0 Å². The van der Waals surface area contributed by atoms with Crippen LogP contribution in [0, 0.1) is 0 Å². The third kappa shape index (κ3) is 4.56. The fourth-order valence-corrected chi connectivity index (χ4v) is 2.57. The molecule has 0 aliphatic carbocycles. The highest BCUT2D eigenvalue weighted by Gasteiger charge is 2.14. The van der Waals surface area contributed by atoms with E-state index in [1.54, 1.807) is 13.3 Å². The third-order valence-corrected chi connectivity index (χ3v) is 3.66. The van der Waals surface area contributed by atoms with Crippen molar-refractivity contribution in [2.24, 2.45) is 0 Å². The first-order valence-electron chi connectivity index (χ1n) is 7.77. The van der Waals surface area contributed by atoms with E-state index in [1.807, 2.05) is 35.0 Å². The average molecular weight is 317 g/mol. The second-order valence-electron chi connectivity index (χ2n) is 5.37. The standard InChI is InChI=1S/C17H23N3O3/c1-3-6-13(11-17(21)22)18-12-14-9-10-19-20(14)15-7-4-5-8-16(15)23-2/h4-5,7-10,13,18H,3,6,11-12H2,1-2H3,(H,21,22)/t13-/m0/s1. The Bertz CT molecular complexity index is 640. The number of benzene rings is 1. The van der Waals surface area contributed by atoms with Crippen LogP contribution in [0.5, 0.6) is 5.75 Å². The maximum Gasteiger partial charge on any atom is 0.304 e. The molecule has 2 aromatic rings. The molecule has 1 aromatic carbocycles. The Balaban J connectivity index is 2.13. The summed E-state index contributed by atoms with van der Waals surface area (Å²) in [7, 11) is 1.63. The molecular weight excluding hydrogens is 294 g/mol. The van der Waals surface area contributed by atoms with E-state index in [1.165, 1.54) is 0 Å². The second-order valence-corrected chi connectivity index (χ2v) is 5.37. The number of rotatable bonds is 9. The van der Waals surface area contributed by atoms with E-state index in [0.29, 0.717) is 6.54 Å². The molecule has 0 spiro atoms. The summed E-state index contributed by atoms with van der Waals surface area (Å²) in [6, 6.07) is 9.55. The number of nitrogens with one attached hydrogen (secondary N) is 1. The molecule has 6 nitrogen and oxygen atoms in total. The van der Waals surface area contributed by atoms with Crippen LogP contribution in [0.1, 0.15) is 31.9 Å². The Kier molecular flexibility index (Phi) is 6.17. The van der Waals surface area contributed by atoms with Crippen molar-refractivity contribution in [3.05, 3.63) is 42.2 Å². The van der Waals surface area contributed by atoms with Crippen molar-refractivity contribution in [1.29, 1.82) is 0 Å². The van der Waals surface area contributed by atoms with Crippen molar-refractivity contribution in [2.45, 2.75) is 38.8 Å². The van der Waals surface area contributed by atoms with Gasteiger partial charge < -0.3 is 15.2 Å². The molecule has 0 fully saturated rings. The molecule has 23 heavy (non-hydrogen) atoms. The number of para-hydroxylation sites is 2. The fraction of sp³-hybridized carbons (Fsp3) is 0.412. The number of nitrogens with zero attached hydrogens (tertiary/aromatic N) is 2. The number of methoxy groups -OCH3 is 1. The van der Waals surface area contributed by atoms with Gasteiger partial charge in [0, 0.05) is 18.8 Å². The Labute approximate surface area is 136 Å². The molecule has 2 rings (SSSR count). The van der Waals surface area contributed by atoms with Crippen molar-refractivity contribution in [3.8, 4) is 11.4 Å². The smallest absolute Gasteiger partial charge is 0.304 e. The zero-order chi connectivity index (χ0) is 16.7. The van der Waals surface area contributed by atoms with E-state index in [-0.39, 0.29) is 12.5 Å². The molecular formula is C17H23N3O3. The lowest BCUT2D eigenvalue weighted by atomic mass is 10.1. The molecule has 0 saturated heterocycles. The molecule has 1 atom stereocenters. The monoisotopic (exact) mass is 317 g/mol. The molecule has 0 unspecified atom stereocenters. The van der Waals surface area contributed by atoms with Crippen molar-refractivity contribution >= 4 is 5.97 Å². The van der Waals surface area contributed by atoms with E-state index < -0.39 is 5.97 Å². The number of hydrogen-bond donors (Lipinski definition) is 2. The van der Waals surface area contributed by atoms with Gasteiger partial charge in [-0.3, -0.25) is 4.79 Å². The van der Waals surface area contributed by atoms with Crippen molar-refractivity contribution in [1.82, 2.24) is 15.1 Å². The number of ether oxygens (including phenoxy) is 1. The van der Waals surface area contributed by atoms with Crippen molar-refractivity contribution in [2.75, 3.05) is 7.11 Å². The number of carboxylic acid groups (broad SMARTS) is 1. The highest BCUT2D eigenvalue weighted by atomic mass is 16.5. The van der Waals surface area contributed by atoms with Crippen LogP contribution in [-0.2, 0) is 11.3 Å². The molecule has 0 radical (unpaired) electrons. The SMILES string of the molecule is CCC[C@@H](CC(=O)O)NCc1ccnn1-c1ccccc1OC. The largest absolute Gasteiger partial charge is 0.494 e. The van der Waals surface area contributed by atoms with Crippen LogP contribution in [-0.4, -0.2) is 34.0 Å². The summed E-state index contributed by atoms with van der Waals surface area (Å²) in [6.07, 6.45) is 3.62. The Hall–Kier alpha value is -2.34. The zero-order valence-electron chi connectivity index (χ0n) is 13.5. The number of aliphatic carboxylic acids is 1. The number of carbonyl (C=O) groups is 1. The first-order valence-corrected chi connectivity index (χ1v) is 7.77. The molecule has 0 saturated carbocycles. The number of carboxylic acids is 1. The van der Waals surface area contributed by atoms with Gasteiger partial charge in [0.1, 0.15) is 11.4 Å². The minimum atomic E-state index is -0.783. The van der Waals surface area contributed by atoms with Gasteiger partial charge in [-0.05, 0) is 24.6 Å². The van der Waals surface area contributed by atoms with Gasteiger partial charge >= 0.3 is 5.97 Å². The van der Waals surface area contributed by atoms with Gasteiger partial charge in [0.15, 0.2) is 0 Å². The predicted octanol–water partition coefficient (Wildman–Crippen LogP) is 2.61. The van der Waals surface area contributed by atoms with Gasteiger partial charge in [0.2, 0.25) is 0 Å². The lowest BCUT2D eigenvalue weighted by Crippen LogP contribution is -2.31. The lowest BCUT2D eigenvalue weighted by molar-refractivity contribution is -0.137. The van der Waals surface area contributed by atoms with Crippen LogP contribution in [0.3, 0.4) is 0 Å². The number of hydrogen-bond acceptors (Lipinski definition) is 4. The molecule has 2 N–H and O–H groups in total. The minimum absolute atomic E-state index is 0.0430. The van der Waals surface area contributed by atoms with Crippen LogP contribution in [0.15, 0.2) is 36.5 Å². The van der Waals surface area contributed by atoms with Gasteiger partial charge in [0.05, 0.1) is 19.2 Å². The Morgan fingerprint density at radius 3 is 2.87 bits per heavy atom. The molecule has 1 aromatic heterocycles. The Morgan fingerprint density at radius 1 is 1.39 bits per heavy atom. The molecule has 1 heterocycles. The van der Waals surface area contributed by atoms with Gasteiger partial charge in [0.25, 0.3) is 0 Å². The summed E-state index contributed by atoms with van der Waals surface area (Å²) in [4.78, 5) is 10.9. The quantitative estimate of drug-likeness (QED) is 0.743. The Morgan fingerprint density at radius 2 is 2.17 bits per heavy atom. The topological polar surface area (TPSA) is 76.4 Å². The van der Waals surface area contributed by atoms with Crippen LogP contribution >= 0.6 is 0 Å². The van der Waals surface area contributed by atoms with Gasteiger partial charge in [-0.2, -0.15) is 5.10 Å². The highest BCUT2D eigenvalue weighted by molar-refractivity contribution is 5.67. The van der Waals surface area contributed by atoms with Crippen LogP contribution in [0.2, 0.25) is 0 Å². The first-order chi connectivity index (χ1) is 11.2. The predicted molar refractivity (Wildman–Crippen MR) is 87.9 cm³/mol. The van der Waals surface area contributed by atoms with Gasteiger partial charge in [-0.25, -0.2) is 4.68 Å². The second kappa shape index (κ2) is 8.33. The van der Waals surface area contributed by atoms with Gasteiger partial charge in [-0.15, -0.1) is 0 Å². The first kappa shape index (κ1) is 17.0. The molecule has 0 aliphatic rings. The van der Waals surface area contributed by atoms with Crippen LogP contribution < -0.4 is 10.1 Å². The number of aromatic nitrogens is 2. The summed E-state index contributed by atoms with van der Waals surface area (Å²) < 4.78 is 7.20. The summed E-state index contributed by atoms with van der Waals surface area (Å²) >= 11 is 0. The summed E-state index contributed by atoms with van der Waals surface area (Å²) in [5, 5.41) is 16.7. The van der Waals surface area contributed by atoms with Crippen molar-refractivity contribution < 1.29 is 14.6 Å². The van der Waals surface area contributed by atoms with E-state index in [0.717, 1.165) is 30.0 Å². The summed E-state index contributed by atoms with van der Waals surface area (Å²) in [6.45, 7) is 2.60. The third-order valence-electron chi connectivity index (χ3n) is 3.66. The molecule has 0 amide bonds. The van der Waals surface area contributed by atoms with E-state index in [9.17, 15) is 4.79 Å².